The van der Waals surface area contributed by atoms with Crippen molar-refractivity contribution in [2.45, 2.75) is 51.5 Å². The van der Waals surface area contributed by atoms with Crippen LogP contribution in [0.15, 0.2) is 29.4 Å². The third-order valence-electron chi connectivity index (χ3n) is 4.67. The van der Waals surface area contributed by atoms with Crippen molar-refractivity contribution in [2.24, 2.45) is 0 Å². The number of hydrogen-bond acceptors (Lipinski definition) is 5. The highest BCUT2D eigenvalue weighted by atomic mass is 32.2. The molecular weight excluding hydrogens is 348 g/mol. The maximum Gasteiger partial charge on any atom is 0.233 e. The molecule has 1 amide bonds. The lowest BCUT2D eigenvalue weighted by molar-refractivity contribution is -0.140. The average Bonchev–Trinajstić information content (AvgIpc) is 3.04. The molecule has 0 bridgehead atoms. The summed E-state index contributed by atoms with van der Waals surface area (Å²) in [4.78, 5) is 14.6. The fourth-order valence-electron chi connectivity index (χ4n) is 3.16. The predicted octanol–water partition coefficient (Wildman–Crippen LogP) is 3.00. The molecule has 0 N–H and O–H groups in total. The minimum atomic E-state index is 0.0899. The summed E-state index contributed by atoms with van der Waals surface area (Å²) < 4.78 is 7.68. The smallest absolute Gasteiger partial charge is 0.233 e. The van der Waals surface area contributed by atoms with Crippen molar-refractivity contribution in [3.05, 3.63) is 29.8 Å². The molecule has 140 valence electrons. The molecule has 1 aromatic heterocycles. The Morgan fingerprint density at radius 1 is 1.31 bits per heavy atom. The summed E-state index contributed by atoms with van der Waals surface area (Å²) in [6.07, 6.45) is 0.0899. The minimum absolute atomic E-state index is 0.0899. The summed E-state index contributed by atoms with van der Waals surface area (Å²) in [6, 6.07) is 8.27. The Balaban J connectivity index is 1.73. The van der Waals surface area contributed by atoms with Gasteiger partial charge in [0.15, 0.2) is 11.0 Å². The van der Waals surface area contributed by atoms with Crippen LogP contribution in [0.3, 0.4) is 0 Å². The van der Waals surface area contributed by atoms with Crippen molar-refractivity contribution in [2.75, 3.05) is 18.9 Å². The van der Waals surface area contributed by atoms with E-state index in [0.29, 0.717) is 18.9 Å². The van der Waals surface area contributed by atoms with E-state index in [1.807, 2.05) is 30.9 Å². The molecule has 0 spiro atoms. The highest BCUT2D eigenvalue weighted by molar-refractivity contribution is 7.99. The number of nitrogens with zero attached hydrogens (tertiary/aromatic N) is 4. The lowest BCUT2D eigenvalue weighted by atomic mass is 10.1. The van der Waals surface area contributed by atoms with Crippen LogP contribution in [0.5, 0.6) is 0 Å². The highest BCUT2D eigenvalue weighted by Gasteiger charge is 2.27. The number of morpholine rings is 1. The maximum atomic E-state index is 12.7. The van der Waals surface area contributed by atoms with Gasteiger partial charge in [-0.25, -0.2) is 0 Å². The number of carbonyl (C=O) groups is 1. The number of aryl methyl sites for hydroxylation is 1. The molecule has 6 nitrogen and oxygen atoms in total. The first-order chi connectivity index (χ1) is 12.5. The standard InChI is InChI=1S/C19H26N4O2S/c1-5-22-18(16-9-7-6-8-13(16)2)20-21-19(22)26-12-17(24)23-10-15(4)25-11-14(23)3/h6-9,14-15H,5,10-12H2,1-4H3. The summed E-state index contributed by atoms with van der Waals surface area (Å²) in [7, 11) is 0. The van der Waals surface area contributed by atoms with E-state index in [-0.39, 0.29) is 18.1 Å². The zero-order chi connectivity index (χ0) is 18.7. The topological polar surface area (TPSA) is 60.2 Å². The Kier molecular flexibility index (Phi) is 5.98. The number of rotatable bonds is 5. The van der Waals surface area contributed by atoms with Crippen LogP contribution < -0.4 is 0 Å². The zero-order valence-electron chi connectivity index (χ0n) is 15.8. The monoisotopic (exact) mass is 374 g/mol. The second-order valence-electron chi connectivity index (χ2n) is 6.69. The first kappa shape index (κ1) is 18.9. The largest absolute Gasteiger partial charge is 0.375 e. The summed E-state index contributed by atoms with van der Waals surface area (Å²) >= 11 is 1.46. The Morgan fingerprint density at radius 3 is 2.81 bits per heavy atom. The summed E-state index contributed by atoms with van der Waals surface area (Å²) in [5.74, 6) is 1.35. The van der Waals surface area contributed by atoms with Gasteiger partial charge >= 0.3 is 0 Å². The van der Waals surface area contributed by atoms with E-state index in [0.717, 1.165) is 23.1 Å². The van der Waals surface area contributed by atoms with Gasteiger partial charge in [0, 0.05) is 18.7 Å². The van der Waals surface area contributed by atoms with Crippen LogP contribution in [0.25, 0.3) is 11.4 Å². The van der Waals surface area contributed by atoms with Gasteiger partial charge in [0.25, 0.3) is 0 Å². The van der Waals surface area contributed by atoms with E-state index in [2.05, 4.69) is 40.7 Å². The van der Waals surface area contributed by atoms with Gasteiger partial charge in [-0.2, -0.15) is 0 Å². The van der Waals surface area contributed by atoms with Crippen molar-refractivity contribution in [1.29, 1.82) is 0 Å². The lowest BCUT2D eigenvalue weighted by Gasteiger charge is -2.36. The van der Waals surface area contributed by atoms with Crippen LogP contribution in [-0.4, -0.2) is 56.6 Å². The van der Waals surface area contributed by atoms with Gasteiger partial charge in [-0.15, -0.1) is 10.2 Å². The van der Waals surface area contributed by atoms with Crippen molar-refractivity contribution < 1.29 is 9.53 Å². The quantitative estimate of drug-likeness (QED) is 0.753. The van der Waals surface area contributed by atoms with Crippen LogP contribution in [0, 0.1) is 6.92 Å². The van der Waals surface area contributed by atoms with Gasteiger partial charge in [0.1, 0.15) is 0 Å². The molecule has 26 heavy (non-hydrogen) atoms. The first-order valence-electron chi connectivity index (χ1n) is 9.04. The lowest BCUT2D eigenvalue weighted by Crippen LogP contribution is -2.50. The SMILES string of the molecule is CCn1c(SCC(=O)N2CC(C)OCC2C)nnc1-c1ccccc1C. The van der Waals surface area contributed by atoms with Crippen LogP contribution in [0.4, 0.5) is 0 Å². The maximum absolute atomic E-state index is 12.7. The third-order valence-corrected chi connectivity index (χ3v) is 5.62. The van der Waals surface area contributed by atoms with Gasteiger partial charge < -0.3 is 14.2 Å². The van der Waals surface area contributed by atoms with E-state index in [1.165, 1.54) is 17.3 Å². The summed E-state index contributed by atoms with van der Waals surface area (Å²) in [5, 5.41) is 9.50. The van der Waals surface area contributed by atoms with Crippen molar-refractivity contribution in [3.8, 4) is 11.4 Å². The molecule has 2 aromatic rings. The van der Waals surface area contributed by atoms with Crippen LogP contribution in [0.1, 0.15) is 26.3 Å². The second kappa shape index (κ2) is 8.22. The van der Waals surface area contributed by atoms with Crippen molar-refractivity contribution in [3.63, 3.8) is 0 Å². The fraction of sp³-hybridized carbons (Fsp3) is 0.526. The zero-order valence-corrected chi connectivity index (χ0v) is 16.6. The summed E-state index contributed by atoms with van der Waals surface area (Å²) in [5.41, 5.74) is 2.24. The molecule has 2 unspecified atom stereocenters. The first-order valence-corrected chi connectivity index (χ1v) is 10.0. The normalized spacial score (nSPS) is 20.4. The molecule has 1 aliphatic rings. The van der Waals surface area contributed by atoms with E-state index >= 15 is 0 Å². The van der Waals surface area contributed by atoms with Crippen molar-refractivity contribution in [1.82, 2.24) is 19.7 Å². The summed E-state index contributed by atoms with van der Waals surface area (Å²) in [6.45, 7) is 10.2. The van der Waals surface area contributed by atoms with E-state index < -0.39 is 0 Å². The number of thioether (sulfide) groups is 1. The number of benzene rings is 1. The van der Waals surface area contributed by atoms with Gasteiger partial charge in [-0.1, -0.05) is 36.0 Å². The van der Waals surface area contributed by atoms with Gasteiger partial charge in [0.05, 0.1) is 24.5 Å². The van der Waals surface area contributed by atoms with Crippen molar-refractivity contribution >= 4 is 17.7 Å². The molecule has 0 radical (unpaired) electrons. The van der Waals surface area contributed by atoms with Crippen LogP contribution >= 0.6 is 11.8 Å². The molecule has 1 aromatic carbocycles. The van der Waals surface area contributed by atoms with Gasteiger partial charge in [-0.3, -0.25) is 4.79 Å². The molecule has 1 fully saturated rings. The number of hydrogen-bond donors (Lipinski definition) is 0. The Hall–Kier alpha value is -1.86. The van der Waals surface area contributed by atoms with Crippen LogP contribution in [0.2, 0.25) is 0 Å². The van der Waals surface area contributed by atoms with Gasteiger partial charge in [0.2, 0.25) is 5.91 Å². The molecule has 0 saturated carbocycles. The Bertz CT molecular complexity index is 777. The molecule has 2 heterocycles. The van der Waals surface area contributed by atoms with E-state index in [4.69, 9.17) is 4.74 Å². The van der Waals surface area contributed by atoms with Gasteiger partial charge in [-0.05, 0) is 33.3 Å². The fourth-order valence-corrected chi connectivity index (χ4v) is 4.05. The highest BCUT2D eigenvalue weighted by Crippen LogP contribution is 2.26. The van der Waals surface area contributed by atoms with Crippen LogP contribution in [-0.2, 0) is 16.1 Å². The molecule has 1 saturated heterocycles. The number of ether oxygens (including phenoxy) is 1. The number of amides is 1. The molecule has 0 aliphatic carbocycles. The molecule has 1 aliphatic heterocycles. The second-order valence-corrected chi connectivity index (χ2v) is 7.64. The predicted molar refractivity (Wildman–Crippen MR) is 103 cm³/mol. The molecule has 7 heteroatoms. The Morgan fingerprint density at radius 2 is 2.08 bits per heavy atom. The van der Waals surface area contributed by atoms with E-state index in [9.17, 15) is 4.79 Å². The minimum Gasteiger partial charge on any atom is -0.375 e. The number of aromatic nitrogens is 3. The Labute approximate surface area is 158 Å². The molecule has 3 rings (SSSR count). The molecule has 2 atom stereocenters. The average molecular weight is 375 g/mol. The third kappa shape index (κ3) is 3.94. The number of carbonyl (C=O) groups excluding carboxylic acids is 1. The molecular formula is C19H26N4O2S. The van der Waals surface area contributed by atoms with E-state index in [1.54, 1.807) is 0 Å².